The van der Waals surface area contributed by atoms with Crippen LogP contribution in [-0.4, -0.2) is 44.6 Å². The van der Waals surface area contributed by atoms with Crippen LogP contribution >= 0.6 is 12.4 Å². The minimum atomic E-state index is -0.704. The zero-order valence-electron chi connectivity index (χ0n) is 15.6. The molecule has 148 valence electrons. The predicted molar refractivity (Wildman–Crippen MR) is 108 cm³/mol. The number of fused-ring (bicyclic) bond motifs is 1. The van der Waals surface area contributed by atoms with Gasteiger partial charge >= 0.3 is 0 Å². The summed E-state index contributed by atoms with van der Waals surface area (Å²) in [5.74, 6) is 0.579. The summed E-state index contributed by atoms with van der Waals surface area (Å²) in [6.07, 6.45) is 4.90. The molecule has 1 saturated heterocycles. The molecule has 2 aliphatic rings. The monoisotopic (exact) mass is 393 g/mol. The Kier molecular flexibility index (Phi) is 6.21. The predicted octanol–water partition coefficient (Wildman–Crippen LogP) is 1.87. The lowest BCUT2D eigenvalue weighted by Gasteiger charge is -2.30. The molecule has 0 radical (unpaired) electrons. The van der Waals surface area contributed by atoms with E-state index >= 15 is 0 Å². The summed E-state index contributed by atoms with van der Waals surface area (Å²) in [5.41, 5.74) is 2.90. The number of hydrogen-bond donors (Lipinski definition) is 3. The fourth-order valence-corrected chi connectivity index (χ4v) is 4.03. The molecule has 4 rings (SSSR count). The van der Waals surface area contributed by atoms with Crippen LogP contribution < -0.4 is 10.9 Å². The number of aryl methyl sites for hydroxylation is 1. The first kappa shape index (κ1) is 20.3. The molecule has 2 aromatic rings. The number of nitrogens with zero attached hydrogens (tertiary/aromatic N) is 2. The molecule has 3 N–H and O–H groups in total. The molecule has 1 aliphatic heterocycles. The third-order valence-electron chi connectivity index (χ3n) is 5.67. The van der Waals surface area contributed by atoms with E-state index in [0.717, 1.165) is 30.5 Å². The minimum Gasteiger partial charge on any atom is -0.392 e. The van der Waals surface area contributed by atoms with Gasteiger partial charge in [0.15, 0.2) is 0 Å². The van der Waals surface area contributed by atoms with Crippen molar-refractivity contribution in [1.29, 1.82) is 0 Å². The second-order valence-electron chi connectivity index (χ2n) is 7.87. The number of aliphatic hydroxyl groups is 2. The molecular weight excluding hydrogens is 366 g/mol. The molecule has 27 heavy (non-hydrogen) atoms. The number of benzene rings is 1. The fraction of sp³-hybridized carbons (Fsp3) is 0.600. The van der Waals surface area contributed by atoms with Crippen LogP contribution in [0.25, 0.3) is 10.9 Å². The number of rotatable bonds is 5. The first-order valence-corrected chi connectivity index (χ1v) is 9.62. The summed E-state index contributed by atoms with van der Waals surface area (Å²) in [5, 5.41) is 24.4. The highest BCUT2D eigenvalue weighted by molar-refractivity contribution is 5.85. The number of aromatic nitrogens is 2. The maximum Gasteiger partial charge on any atom is 0.261 e. The Morgan fingerprint density at radius 3 is 2.81 bits per heavy atom. The molecular formula is C20H28ClN3O3. The van der Waals surface area contributed by atoms with Gasteiger partial charge in [0.1, 0.15) is 0 Å². The molecule has 1 aliphatic carbocycles. The van der Waals surface area contributed by atoms with Gasteiger partial charge in [-0.2, -0.15) is 0 Å². The first-order chi connectivity index (χ1) is 12.5. The molecule has 1 saturated carbocycles. The van der Waals surface area contributed by atoms with Crippen LogP contribution in [0.5, 0.6) is 0 Å². The van der Waals surface area contributed by atoms with E-state index in [-0.39, 0.29) is 30.6 Å². The zero-order chi connectivity index (χ0) is 18.3. The highest BCUT2D eigenvalue weighted by Crippen LogP contribution is 2.41. The van der Waals surface area contributed by atoms with Crippen molar-refractivity contribution in [3.05, 3.63) is 39.9 Å². The molecule has 1 aromatic heterocycles. The van der Waals surface area contributed by atoms with Crippen LogP contribution in [0.15, 0.2) is 23.3 Å². The lowest BCUT2D eigenvalue weighted by Crippen LogP contribution is -2.47. The van der Waals surface area contributed by atoms with E-state index in [1.165, 1.54) is 29.3 Å². The van der Waals surface area contributed by atoms with Crippen molar-refractivity contribution >= 4 is 23.3 Å². The van der Waals surface area contributed by atoms with Crippen LogP contribution in [0.4, 0.5) is 0 Å². The van der Waals surface area contributed by atoms with Crippen LogP contribution in [0.2, 0.25) is 0 Å². The van der Waals surface area contributed by atoms with Crippen molar-refractivity contribution in [2.24, 2.45) is 0 Å². The first-order valence-electron chi connectivity index (χ1n) is 9.62. The lowest BCUT2D eigenvalue weighted by atomic mass is 9.96. The Hall–Kier alpha value is -1.47. The third-order valence-corrected chi connectivity index (χ3v) is 5.67. The Morgan fingerprint density at radius 1 is 1.33 bits per heavy atom. The molecule has 6 nitrogen and oxygen atoms in total. The molecule has 0 spiro atoms. The number of piperidine rings is 1. The van der Waals surface area contributed by atoms with Crippen molar-refractivity contribution in [2.75, 3.05) is 6.54 Å². The SMILES string of the molecule is Cc1cc(C2CC2)cc2c(=O)n(C[C@@H](O)C[C@H]3NCCC[C@@H]3O)cnc12.Cl. The fourth-order valence-electron chi connectivity index (χ4n) is 4.03. The standard InChI is InChI=1S/C20H27N3O3.ClH/c1-12-7-14(13-4-5-13)8-16-19(12)22-11-23(20(16)26)10-15(24)9-17-18(25)3-2-6-21-17;/h7-8,11,13,15,17-18,21,24-25H,2-6,9-10H2,1H3;1H/t15-,17+,18-;/m0./s1. The van der Waals surface area contributed by atoms with Gasteiger partial charge in [0, 0.05) is 6.04 Å². The van der Waals surface area contributed by atoms with E-state index in [1.807, 2.05) is 13.0 Å². The number of halogens is 1. The van der Waals surface area contributed by atoms with Gasteiger partial charge in [-0.15, -0.1) is 12.4 Å². The number of nitrogens with one attached hydrogen (secondary N) is 1. The van der Waals surface area contributed by atoms with E-state index in [9.17, 15) is 15.0 Å². The van der Waals surface area contributed by atoms with E-state index in [2.05, 4.69) is 16.4 Å². The van der Waals surface area contributed by atoms with Crippen LogP contribution in [-0.2, 0) is 6.54 Å². The molecule has 2 heterocycles. The summed E-state index contributed by atoms with van der Waals surface area (Å²) < 4.78 is 1.50. The second kappa shape index (κ2) is 8.27. The normalized spacial score (nSPS) is 23.8. The Balaban J connectivity index is 0.00000210. The van der Waals surface area contributed by atoms with Gasteiger partial charge < -0.3 is 15.5 Å². The van der Waals surface area contributed by atoms with Gasteiger partial charge in [-0.1, -0.05) is 6.07 Å². The van der Waals surface area contributed by atoms with E-state index in [1.54, 1.807) is 0 Å². The van der Waals surface area contributed by atoms with Gasteiger partial charge in [0.05, 0.1) is 36.0 Å². The summed E-state index contributed by atoms with van der Waals surface area (Å²) in [4.78, 5) is 17.4. The van der Waals surface area contributed by atoms with Gasteiger partial charge in [0.2, 0.25) is 0 Å². The molecule has 7 heteroatoms. The molecule has 3 atom stereocenters. The van der Waals surface area contributed by atoms with E-state index < -0.39 is 12.2 Å². The highest BCUT2D eigenvalue weighted by Gasteiger charge is 2.26. The van der Waals surface area contributed by atoms with Crippen LogP contribution in [0.1, 0.15) is 49.1 Å². The summed E-state index contributed by atoms with van der Waals surface area (Å²) >= 11 is 0. The molecule has 2 fully saturated rings. The van der Waals surface area contributed by atoms with Crippen LogP contribution in [0.3, 0.4) is 0 Å². The molecule has 0 unspecified atom stereocenters. The van der Waals surface area contributed by atoms with Crippen molar-refractivity contribution in [2.45, 2.75) is 69.7 Å². The summed E-state index contributed by atoms with van der Waals surface area (Å²) in [7, 11) is 0. The van der Waals surface area contributed by atoms with Crippen LogP contribution in [0, 0.1) is 6.92 Å². The average Bonchev–Trinajstić information content (AvgIpc) is 3.45. The van der Waals surface area contributed by atoms with Crippen molar-refractivity contribution in [1.82, 2.24) is 14.9 Å². The number of hydrogen-bond acceptors (Lipinski definition) is 5. The largest absolute Gasteiger partial charge is 0.392 e. The Labute approximate surface area is 165 Å². The van der Waals surface area contributed by atoms with E-state index in [0.29, 0.717) is 17.7 Å². The van der Waals surface area contributed by atoms with Gasteiger partial charge in [-0.25, -0.2) is 4.98 Å². The summed E-state index contributed by atoms with van der Waals surface area (Å²) in [6, 6.07) is 4.00. The lowest BCUT2D eigenvalue weighted by molar-refractivity contribution is 0.0539. The Bertz CT molecular complexity index is 865. The summed E-state index contributed by atoms with van der Waals surface area (Å²) in [6.45, 7) is 3.05. The van der Waals surface area contributed by atoms with E-state index in [4.69, 9.17) is 0 Å². The highest BCUT2D eigenvalue weighted by atomic mass is 35.5. The molecule has 0 amide bonds. The Morgan fingerprint density at radius 2 is 2.11 bits per heavy atom. The number of aliphatic hydroxyl groups excluding tert-OH is 2. The van der Waals surface area contributed by atoms with Crippen molar-refractivity contribution < 1.29 is 10.2 Å². The quantitative estimate of drug-likeness (QED) is 0.721. The van der Waals surface area contributed by atoms with Gasteiger partial charge in [0.25, 0.3) is 5.56 Å². The van der Waals surface area contributed by atoms with Gasteiger partial charge in [-0.3, -0.25) is 9.36 Å². The maximum atomic E-state index is 12.9. The van der Waals surface area contributed by atoms with Gasteiger partial charge in [-0.05, 0) is 68.7 Å². The second-order valence-corrected chi connectivity index (χ2v) is 7.87. The molecule has 1 aromatic carbocycles. The van der Waals surface area contributed by atoms with Crippen molar-refractivity contribution in [3.63, 3.8) is 0 Å². The van der Waals surface area contributed by atoms with Crippen molar-refractivity contribution in [3.8, 4) is 0 Å². The average molecular weight is 394 g/mol. The topological polar surface area (TPSA) is 87.4 Å². The third kappa shape index (κ3) is 4.35. The maximum absolute atomic E-state index is 12.9. The smallest absolute Gasteiger partial charge is 0.261 e. The molecule has 0 bridgehead atoms. The minimum absolute atomic E-state index is 0. The zero-order valence-corrected chi connectivity index (χ0v) is 16.4.